The van der Waals surface area contributed by atoms with Crippen LogP contribution in [0.2, 0.25) is 0 Å². The molecule has 0 fully saturated rings. The Bertz CT molecular complexity index is 537. The molecule has 1 atom stereocenters. The molecule has 0 radical (unpaired) electrons. The van der Waals surface area contributed by atoms with Gasteiger partial charge in [-0.3, -0.25) is 0 Å². The molecule has 0 aliphatic heterocycles. The van der Waals surface area contributed by atoms with E-state index in [0.717, 1.165) is 4.47 Å². The number of nitrogens with two attached hydrogens (primary N) is 1. The number of aromatic nitrogens is 1. The molecule has 2 aromatic rings. The van der Waals surface area contributed by atoms with Crippen molar-refractivity contribution in [2.75, 3.05) is 11.1 Å². The molecule has 3 N–H and O–H groups in total. The third-order valence-corrected chi connectivity index (χ3v) is 3.25. The zero-order valence-corrected chi connectivity index (χ0v) is 12.0. The van der Waals surface area contributed by atoms with Crippen LogP contribution >= 0.6 is 15.9 Å². The number of nitrogen functional groups attached to an aromatic ring is 1. The van der Waals surface area contributed by atoms with Gasteiger partial charge in [-0.15, -0.1) is 0 Å². The molecule has 0 amide bonds. The zero-order chi connectivity index (χ0) is 13.1. The van der Waals surface area contributed by atoms with E-state index in [1.807, 2.05) is 6.07 Å². The fraction of sp³-hybridized carbons (Fsp3) is 0.214. The number of halogens is 1. The van der Waals surface area contributed by atoms with Crippen LogP contribution in [-0.4, -0.2) is 4.98 Å². The second kappa shape index (κ2) is 5.40. The zero-order valence-electron chi connectivity index (χ0n) is 10.4. The lowest BCUT2D eigenvalue weighted by Crippen LogP contribution is -2.09. The molecule has 0 aliphatic carbocycles. The molecule has 3 nitrogen and oxygen atoms in total. The van der Waals surface area contributed by atoms with Crippen molar-refractivity contribution in [3.05, 3.63) is 52.1 Å². The number of nitrogens with zero attached hydrogens (tertiary/aromatic N) is 1. The van der Waals surface area contributed by atoms with Gasteiger partial charge in [0, 0.05) is 10.7 Å². The van der Waals surface area contributed by atoms with Crippen molar-refractivity contribution >= 4 is 27.4 Å². The summed E-state index contributed by atoms with van der Waals surface area (Å²) in [6.07, 6.45) is 1.74. The van der Waals surface area contributed by atoms with Gasteiger partial charge in [0.25, 0.3) is 0 Å². The van der Waals surface area contributed by atoms with Crippen molar-refractivity contribution in [3.63, 3.8) is 0 Å². The molecular formula is C14H16BrN3. The lowest BCUT2D eigenvalue weighted by atomic mass is 10.1. The third-order valence-electron chi connectivity index (χ3n) is 2.81. The maximum absolute atomic E-state index is 5.92. The summed E-state index contributed by atoms with van der Waals surface area (Å²) in [5.74, 6) is 0.714. The summed E-state index contributed by atoms with van der Waals surface area (Å²) in [5, 5.41) is 3.32. The molecule has 1 heterocycles. The SMILES string of the molecule is Cc1ccc(C(C)Nc2ncc(Br)cc2N)cc1. The smallest absolute Gasteiger partial charge is 0.149 e. The van der Waals surface area contributed by atoms with Gasteiger partial charge in [-0.2, -0.15) is 0 Å². The Morgan fingerprint density at radius 1 is 1.28 bits per heavy atom. The summed E-state index contributed by atoms with van der Waals surface area (Å²) in [4.78, 5) is 4.28. The van der Waals surface area contributed by atoms with Crippen molar-refractivity contribution in [1.29, 1.82) is 0 Å². The number of benzene rings is 1. The monoisotopic (exact) mass is 305 g/mol. The van der Waals surface area contributed by atoms with E-state index in [0.29, 0.717) is 11.5 Å². The molecule has 94 valence electrons. The summed E-state index contributed by atoms with van der Waals surface area (Å²) < 4.78 is 0.883. The fourth-order valence-corrected chi connectivity index (χ4v) is 2.07. The van der Waals surface area contributed by atoms with Crippen LogP contribution in [0, 0.1) is 6.92 Å². The molecule has 2 rings (SSSR count). The van der Waals surface area contributed by atoms with E-state index in [1.54, 1.807) is 6.20 Å². The van der Waals surface area contributed by atoms with Gasteiger partial charge in [-0.25, -0.2) is 4.98 Å². The molecule has 1 unspecified atom stereocenters. The largest absolute Gasteiger partial charge is 0.396 e. The minimum Gasteiger partial charge on any atom is -0.396 e. The molecule has 0 bridgehead atoms. The molecule has 1 aromatic carbocycles. The van der Waals surface area contributed by atoms with Crippen LogP contribution in [0.4, 0.5) is 11.5 Å². The maximum atomic E-state index is 5.92. The molecule has 1 aromatic heterocycles. The van der Waals surface area contributed by atoms with E-state index in [-0.39, 0.29) is 6.04 Å². The lowest BCUT2D eigenvalue weighted by molar-refractivity contribution is 0.874. The van der Waals surface area contributed by atoms with Crippen LogP contribution in [0.25, 0.3) is 0 Å². The van der Waals surface area contributed by atoms with Crippen molar-refractivity contribution in [1.82, 2.24) is 4.98 Å². The highest BCUT2D eigenvalue weighted by Gasteiger charge is 2.08. The molecule has 4 heteroatoms. The Kier molecular flexibility index (Phi) is 3.87. The molecule has 0 saturated carbocycles. The van der Waals surface area contributed by atoms with Gasteiger partial charge < -0.3 is 11.1 Å². The first-order valence-electron chi connectivity index (χ1n) is 5.80. The van der Waals surface area contributed by atoms with E-state index < -0.39 is 0 Å². The summed E-state index contributed by atoms with van der Waals surface area (Å²) in [7, 11) is 0. The Hall–Kier alpha value is -1.55. The van der Waals surface area contributed by atoms with E-state index in [9.17, 15) is 0 Å². The highest BCUT2D eigenvalue weighted by molar-refractivity contribution is 9.10. The quantitative estimate of drug-likeness (QED) is 0.904. The van der Waals surface area contributed by atoms with Gasteiger partial charge in [0.15, 0.2) is 0 Å². The average molecular weight is 306 g/mol. The number of aryl methyl sites for hydroxylation is 1. The molecule has 0 saturated heterocycles. The Morgan fingerprint density at radius 2 is 1.94 bits per heavy atom. The molecule has 0 spiro atoms. The van der Waals surface area contributed by atoms with Crippen LogP contribution in [0.1, 0.15) is 24.1 Å². The average Bonchev–Trinajstić information content (AvgIpc) is 2.33. The van der Waals surface area contributed by atoms with E-state index in [1.165, 1.54) is 11.1 Å². The first-order chi connectivity index (χ1) is 8.56. The van der Waals surface area contributed by atoms with E-state index >= 15 is 0 Å². The van der Waals surface area contributed by atoms with Crippen LogP contribution in [0.3, 0.4) is 0 Å². The summed E-state index contributed by atoms with van der Waals surface area (Å²) in [6, 6.07) is 10.4. The van der Waals surface area contributed by atoms with Crippen molar-refractivity contribution in [2.24, 2.45) is 0 Å². The van der Waals surface area contributed by atoms with Gasteiger partial charge in [-0.1, -0.05) is 29.8 Å². The van der Waals surface area contributed by atoms with Gasteiger partial charge >= 0.3 is 0 Å². The minimum absolute atomic E-state index is 0.168. The Labute approximate surface area is 116 Å². The predicted octanol–water partition coefficient (Wildman–Crippen LogP) is 3.91. The number of anilines is 2. The van der Waals surface area contributed by atoms with Crippen LogP contribution in [-0.2, 0) is 0 Å². The standard InChI is InChI=1S/C14H16BrN3/c1-9-3-5-11(6-4-9)10(2)18-14-13(16)7-12(15)8-17-14/h3-8,10H,16H2,1-2H3,(H,17,18). The summed E-state index contributed by atoms with van der Waals surface area (Å²) >= 11 is 3.35. The third kappa shape index (κ3) is 3.01. The normalized spacial score (nSPS) is 12.2. The first kappa shape index (κ1) is 12.9. The number of hydrogen-bond acceptors (Lipinski definition) is 3. The minimum atomic E-state index is 0.168. The number of rotatable bonds is 3. The van der Waals surface area contributed by atoms with Crippen molar-refractivity contribution < 1.29 is 0 Å². The lowest BCUT2D eigenvalue weighted by Gasteiger charge is -2.16. The van der Waals surface area contributed by atoms with Gasteiger partial charge in [-0.05, 0) is 41.4 Å². The number of nitrogens with one attached hydrogen (secondary N) is 1. The van der Waals surface area contributed by atoms with E-state index in [2.05, 4.69) is 64.3 Å². The van der Waals surface area contributed by atoms with Gasteiger partial charge in [0.1, 0.15) is 5.82 Å². The highest BCUT2D eigenvalue weighted by atomic mass is 79.9. The first-order valence-corrected chi connectivity index (χ1v) is 6.59. The van der Waals surface area contributed by atoms with Gasteiger partial charge in [0.05, 0.1) is 11.7 Å². The topological polar surface area (TPSA) is 50.9 Å². The molecular weight excluding hydrogens is 290 g/mol. The molecule has 0 aliphatic rings. The van der Waals surface area contributed by atoms with Crippen molar-refractivity contribution in [2.45, 2.75) is 19.9 Å². The van der Waals surface area contributed by atoms with Crippen LogP contribution in [0.15, 0.2) is 41.0 Å². The number of pyridine rings is 1. The summed E-state index contributed by atoms with van der Waals surface area (Å²) in [5.41, 5.74) is 9.03. The van der Waals surface area contributed by atoms with Crippen molar-refractivity contribution in [3.8, 4) is 0 Å². The fourth-order valence-electron chi connectivity index (χ4n) is 1.72. The second-order valence-electron chi connectivity index (χ2n) is 4.37. The highest BCUT2D eigenvalue weighted by Crippen LogP contribution is 2.24. The Morgan fingerprint density at radius 3 is 2.56 bits per heavy atom. The van der Waals surface area contributed by atoms with Crippen LogP contribution in [0.5, 0.6) is 0 Å². The molecule has 18 heavy (non-hydrogen) atoms. The Balaban J connectivity index is 2.15. The second-order valence-corrected chi connectivity index (χ2v) is 5.28. The summed E-state index contributed by atoms with van der Waals surface area (Å²) in [6.45, 7) is 4.17. The number of hydrogen-bond donors (Lipinski definition) is 2. The van der Waals surface area contributed by atoms with Gasteiger partial charge in [0.2, 0.25) is 0 Å². The van der Waals surface area contributed by atoms with Crippen LogP contribution < -0.4 is 11.1 Å². The maximum Gasteiger partial charge on any atom is 0.149 e. The van der Waals surface area contributed by atoms with E-state index in [4.69, 9.17) is 5.73 Å². The predicted molar refractivity (Wildman–Crippen MR) is 79.6 cm³/mol.